The molecule has 232 valence electrons. The first-order valence-electron chi connectivity index (χ1n) is 15.8. The molecule has 2 aliphatic heterocycles. The highest BCUT2D eigenvalue weighted by molar-refractivity contribution is 7.90. The summed E-state index contributed by atoms with van der Waals surface area (Å²) in [5.74, 6) is 0.923. The minimum Gasteiger partial charge on any atom is -0.487 e. The van der Waals surface area contributed by atoms with Crippen LogP contribution in [0.25, 0.3) is 0 Å². The standard InChI is InChI=1S/C34H43ClN2O5S/c1-22-6-5-8-31(41-2)29-15-12-25(29)20-37-17-4-3-7-24-18-27(35)13-11-26(24)21-42-32-16-14-28(19-30(32)37)43(39,40)36-34(38)33(22)23-9-10-23/h5,8,11,13-14,16,18-19,22-23,25,29,31,33H,3-4,6-7,9-10,12,15,17,20-21H2,1-2H3,(H,36,38)/b8-5+/t22-,25-,29+,31-,33-/m0/s1. The predicted octanol–water partition coefficient (Wildman–Crippen LogP) is 6.53. The molecule has 2 aromatic rings. The van der Waals surface area contributed by atoms with E-state index in [4.69, 9.17) is 21.1 Å². The number of nitrogens with zero attached hydrogens (tertiary/aromatic N) is 1. The molecule has 1 N–H and O–H groups in total. The molecule has 2 saturated carbocycles. The predicted molar refractivity (Wildman–Crippen MR) is 169 cm³/mol. The van der Waals surface area contributed by atoms with Crippen molar-refractivity contribution in [3.05, 3.63) is 64.7 Å². The largest absolute Gasteiger partial charge is 0.487 e. The molecular weight excluding hydrogens is 584 g/mol. The van der Waals surface area contributed by atoms with Crippen LogP contribution >= 0.6 is 11.6 Å². The van der Waals surface area contributed by atoms with Gasteiger partial charge in [-0.15, -0.1) is 0 Å². The Bertz CT molecular complexity index is 1470. The van der Waals surface area contributed by atoms with Crippen LogP contribution in [-0.4, -0.2) is 40.6 Å². The van der Waals surface area contributed by atoms with Gasteiger partial charge in [-0.2, -0.15) is 0 Å². The van der Waals surface area contributed by atoms with E-state index in [9.17, 15) is 13.2 Å². The zero-order chi connectivity index (χ0) is 30.1. The number of halogens is 1. The highest BCUT2D eigenvalue weighted by Crippen LogP contribution is 2.44. The molecule has 0 radical (unpaired) electrons. The highest BCUT2D eigenvalue weighted by Gasteiger charge is 2.41. The van der Waals surface area contributed by atoms with Crippen molar-refractivity contribution in [1.82, 2.24) is 4.72 Å². The number of ether oxygens (including phenoxy) is 2. The average molecular weight is 627 g/mol. The van der Waals surface area contributed by atoms with Crippen LogP contribution in [0.5, 0.6) is 5.75 Å². The fraction of sp³-hybridized carbons (Fsp3) is 0.559. The summed E-state index contributed by atoms with van der Waals surface area (Å²) in [6, 6.07) is 10.9. The fourth-order valence-corrected chi connectivity index (χ4v) is 8.47. The van der Waals surface area contributed by atoms with Gasteiger partial charge in [0.1, 0.15) is 12.4 Å². The summed E-state index contributed by atoms with van der Waals surface area (Å²) in [6.07, 6.45) is 12.0. The van der Waals surface area contributed by atoms with Crippen molar-refractivity contribution in [3.63, 3.8) is 0 Å². The van der Waals surface area contributed by atoms with Crippen molar-refractivity contribution in [2.75, 3.05) is 25.1 Å². The Morgan fingerprint density at radius 3 is 2.58 bits per heavy atom. The van der Waals surface area contributed by atoms with E-state index in [1.807, 2.05) is 18.2 Å². The molecule has 2 aromatic carbocycles. The highest BCUT2D eigenvalue weighted by atomic mass is 35.5. The van der Waals surface area contributed by atoms with E-state index in [2.05, 4.69) is 28.7 Å². The Morgan fingerprint density at radius 1 is 1.02 bits per heavy atom. The Kier molecular flexibility index (Phi) is 9.09. The van der Waals surface area contributed by atoms with Gasteiger partial charge >= 0.3 is 0 Å². The number of methoxy groups -OCH3 is 1. The number of hydrogen-bond acceptors (Lipinski definition) is 6. The molecule has 5 atom stereocenters. The average Bonchev–Trinajstić information content (AvgIpc) is 3.79. The number of nitrogens with one attached hydrogen (secondary N) is 1. The molecular formula is C34H43ClN2O5S. The zero-order valence-corrected chi connectivity index (χ0v) is 26.7. The number of rotatable bonds is 2. The Balaban J connectivity index is 1.40. The van der Waals surface area contributed by atoms with E-state index < -0.39 is 15.9 Å². The van der Waals surface area contributed by atoms with Gasteiger partial charge in [0.15, 0.2) is 0 Å². The van der Waals surface area contributed by atoms with Gasteiger partial charge < -0.3 is 14.4 Å². The lowest BCUT2D eigenvalue weighted by atomic mass is 9.70. The van der Waals surface area contributed by atoms with Crippen LogP contribution in [0.1, 0.15) is 63.0 Å². The van der Waals surface area contributed by atoms with Crippen molar-refractivity contribution in [2.24, 2.45) is 29.6 Å². The van der Waals surface area contributed by atoms with E-state index in [-0.39, 0.29) is 28.8 Å². The minimum atomic E-state index is -4.08. The molecule has 7 nitrogen and oxygen atoms in total. The second-order valence-corrected chi connectivity index (χ2v) is 15.0. The number of carbonyl (C=O) groups is 1. The fourth-order valence-electron chi connectivity index (χ4n) is 7.24. The number of aryl methyl sites for hydroxylation is 1. The molecule has 0 spiro atoms. The summed E-state index contributed by atoms with van der Waals surface area (Å²) in [7, 11) is -2.30. The van der Waals surface area contributed by atoms with Crippen molar-refractivity contribution >= 4 is 33.2 Å². The quantitative estimate of drug-likeness (QED) is 0.382. The topological polar surface area (TPSA) is 84.9 Å². The second-order valence-electron chi connectivity index (χ2n) is 12.9. The number of hydrogen-bond donors (Lipinski definition) is 1. The monoisotopic (exact) mass is 626 g/mol. The Morgan fingerprint density at radius 2 is 1.84 bits per heavy atom. The van der Waals surface area contributed by atoms with E-state index in [0.29, 0.717) is 35.6 Å². The van der Waals surface area contributed by atoms with Crippen LogP contribution in [0.15, 0.2) is 53.4 Å². The van der Waals surface area contributed by atoms with Crippen LogP contribution in [0.4, 0.5) is 5.69 Å². The molecule has 2 heterocycles. The number of sulfonamides is 1. The van der Waals surface area contributed by atoms with Gasteiger partial charge in [-0.1, -0.05) is 36.7 Å². The van der Waals surface area contributed by atoms with Gasteiger partial charge in [-0.3, -0.25) is 4.79 Å². The molecule has 9 heteroatoms. The summed E-state index contributed by atoms with van der Waals surface area (Å²) in [5.41, 5.74) is 3.02. The molecule has 0 saturated heterocycles. The van der Waals surface area contributed by atoms with Crippen molar-refractivity contribution in [1.29, 1.82) is 0 Å². The summed E-state index contributed by atoms with van der Waals surface area (Å²) < 4.78 is 42.3. The molecule has 2 fully saturated rings. The molecule has 2 aliphatic carbocycles. The molecule has 43 heavy (non-hydrogen) atoms. The molecule has 0 unspecified atom stereocenters. The van der Waals surface area contributed by atoms with Gasteiger partial charge in [0, 0.05) is 31.1 Å². The van der Waals surface area contributed by atoms with Crippen molar-refractivity contribution in [3.8, 4) is 5.75 Å². The second kappa shape index (κ2) is 12.8. The maximum Gasteiger partial charge on any atom is 0.264 e. The van der Waals surface area contributed by atoms with Gasteiger partial charge in [0.05, 0.1) is 16.7 Å². The van der Waals surface area contributed by atoms with E-state index in [0.717, 1.165) is 69.3 Å². The summed E-state index contributed by atoms with van der Waals surface area (Å²) in [5, 5.41) is 0.715. The van der Waals surface area contributed by atoms with Crippen molar-refractivity contribution in [2.45, 2.75) is 75.9 Å². The van der Waals surface area contributed by atoms with Crippen LogP contribution in [0.3, 0.4) is 0 Å². The van der Waals surface area contributed by atoms with Gasteiger partial charge in [0.25, 0.3) is 10.0 Å². The Labute approximate surface area is 261 Å². The lowest BCUT2D eigenvalue weighted by molar-refractivity contribution is -0.125. The zero-order valence-electron chi connectivity index (χ0n) is 25.1. The summed E-state index contributed by atoms with van der Waals surface area (Å²) in [4.78, 5) is 15.9. The van der Waals surface area contributed by atoms with Gasteiger partial charge in [0.2, 0.25) is 5.91 Å². The van der Waals surface area contributed by atoms with Crippen LogP contribution < -0.4 is 14.4 Å². The maximum absolute atomic E-state index is 13.7. The van der Waals surface area contributed by atoms with Gasteiger partial charge in [-0.25, -0.2) is 13.1 Å². The van der Waals surface area contributed by atoms with Gasteiger partial charge in [-0.05, 0) is 116 Å². The lowest BCUT2D eigenvalue weighted by Crippen LogP contribution is -2.44. The van der Waals surface area contributed by atoms with Crippen LogP contribution in [-0.2, 0) is 32.6 Å². The maximum atomic E-state index is 13.7. The molecule has 0 aromatic heterocycles. The van der Waals surface area contributed by atoms with Crippen molar-refractivity contribution < 1.29 is 22.7 Å². The number of amides is 1. The molecule has 6 rings (SSSR count). The summed E-state index contributed by atoms with van der Waals surface area (Å²) in [6.45, 7) is 3.96. The third kappa shape index (κ3) is 6.76. The van der Waals surface area contributed by atoms with Crippen LogP contribution in [0, 0.1) is 29.6 Å². The smallest absolute Gasteiger partial charge is 0.264 e. The SMILES string of the molecule is CO[C@H]1/C=C/C[C@H](C)[C@@H](C2CC2)C(=O)NS(=O)(=O)c2ccc3c(c2)N(CCCCc2cc(Cl)ccc2CO3)C[C@@H]2CC[C@H]21. The van der Waals surface area contributed by atoms with E-state index in [1.165, 1.54) is 5.56 Å². The normalized spacial score (nSPS) is 30.3. The van der Waals surface area contributed by atoms with Crippen LogP contribution in [0.2, 0.25) is 5.02 Å². The third-order valence-corrected chi connectivity index (χ3v) is 11.6. The summed E-state index contributed by atoms with van der Waals surface area (Å²) >= 11 is 6.33. The molecule has 1 amide bonds. The molecule has 2 bridgehead atoms. The Hall–Kier alpha value is -2.55. The first-order chi connectivity index (χ1) is 20.7. The number of allylic oxidation sites excluding steroid dienone is 1. The first-order valence-corrected chi connectivity index (χ1v) is 17.6. The molecule has 4 aliphatic rings. The first kappa shape index (κ1) is 30.5. The van der Waals surface area contributed by atoms with E-state index >= 15 is 0 Å². The number of benzene rings is 2. The third-order valence-electron chi connectivity index (χ3n) is 10.00. The number of fused-ring (bicyclic) bond motifs is 3. The minimum absolute atomic E-state index is 0.0117. The number of anilines is 1. The lowest BCUT2D eigenvalue weighted by Gasteiger charge is -2.43. The van der Waals surface area contributed by atoms with E-state index in [1.54, 1.807) is 25.3 Å². The number of carbonyl (C=O) groups excluding carboxylic acids is 1.